The predicted octanol–water partition coefficient (Wildman–Crippen LogP) is 3.11. The molecule has 0 unspecified atom stereocenters. The standard InChI is InChI=1S/C9H8ClF3O2S/c10-16(14,15)8-4-2-1-3-7(8)5-6-9(11,12)13/h1-4H,5-6H2. The van der Waals surface area contributed by atoms with Gasteiger partial charge in [-0.15, -0.1) is 0 Å². The number of hydrogen-bond acceptors (Lipinski definition) is 2. The van der Waals surface area contributed by atoms with Gasteiger partial charge >= 0.3 is 6.18 Å². The number of halogens is 4. The number of benzene rings is 1. The first-order valence-corrected chi connectivity index (χ1v) is 6.60. The highest BCUT2D eigenvalue weighted by Crippen LogP contribution is 2.26. The number of aryl methyl sites for hydroxylation is 1. The number of hydrogen-bond donors (Lipinski definition) is 0. The van der Waals surface area contributed by atoms with Crippen LogP contribution in [0.4, 0.5) is 13.2 Å². The summed E-state index contributed by atoms with van der Waals surface area (Å²) in [5.41, 5.74) is 0.0785. The molecule has 0 aliphatic rings. The fraction of sp³-hybridized carbons (Fsp3) is 0.333. The van der Waals surface area contributed by atoms with Crippen molar-refractivity contribution < 1.29 is 21.6 Å². The summed E-state index contributed by atoms with van der Waals surface area (Å²) >= 11 is 0. The lowest BCUT2D eigenvalue weighted by Crippen LogP contribution is -2.10. The van der Waals surface area contributed by atoms with E-state index in [0.29, 0.717) is 0 Å². The molecule has 0 N–H and O–H groups in total. The molecule has 0 saturated carbocycles. The van der Waals surface area contributed by atoms with Gasteiger partial charge in [-0.05, 0) is 18.1 Å². The molecular formula is C9H8ClF3O2S. The molecule has 0 heterocycles. The van der Waals surface area contributed by atoms with Crippen LogP contribution in [0.15, 0.2) is 29.2 Å². The van der Waals surface area contributed by atoms with Gasteiger partial charge in [0.2, 0.25) is 0 Å². The van der Waals surface area contributed by atoms with Gasteiger partial charge in [0.15, 0.2) is 0 Å². The zero-order valence-electron chi connectivity index (χ0n) is 7.96. The van der Waals surface area contributed by atoms with Crippen molar-refractivity contribution >= 4 is 19.7 Å². The summed E-state index contributed by atoms with van der Waals surface area (Å²) in [6.45, 7) is 0. The Labute approximate surface area is 95.5 Å². The van der Waals surface area contributed by atoms with Crippen LogP contribution in [0, 0.1) is 0 Å². The van der Waals surface area contributed by atoms with Crippen molar-refractivity contribution in [1.29, 1.82) is 0 Å². The van der Waals surface area contributed by atoms with Crippen LogP contribution in [0.25, 0.3) is 0 Å². The van der Waals surface area contributed by atoms with E-state index < -0.39 is 28.1 Å². The summed E-state index contributed by atoms with van der Waals surface area (Å²) in [5.74, 6) is 0. The van der Waals surface area contributed by atoms with E-state index in [2.05, 4.69) is 0 Å². The highest BCUT2D eigenvalue weighted by atomic mass is 35.7. The quantitative estimate of drug-likeness (QED) is 0.793. The number of rotatable bonds is 3. The van der Waals surface area contributed by atoms with Gasteiger partial charge < -0.3 is 0 Å². The molecule has 1 rings (SSSR count). The van der Waals surface area contributed by atoms with E-state index in [4.69, 9.17) is 10.7 Å². The Morgan fingerprint density at radius 1 is 1.19 bits per heavy atom. The summed E-state index contributed by atoms with van der Waals surface area (Å²) in [5, 5.41) is 0. The molecule has 0 aliphatic heterocycles. The highest BCUT2D eigenvalue weighted by molar-refractivity contribution is 8.13. The normalized spacial score (nSPS) is 12.8. The predicted molar refractivity (Wildman–Crippen MR) is 53.9 cm³/mol. The summed E-state index contributed by atoms with van der Waals surface area (Å²) in [6, 6.07) is 5.39. The Balaban J connectivity index is 2.97. The molecule has 7 heteroatoms. The van der Waals surface area contributed by atoms with Crippen LogP contribution < -0.4 is 0 Å². The molecule has 16 heavy (non-hydrogen) atoms. The second-order valence-corrected chi connectivity index (χ2v) is 5.70. The zero-order chi connectivity index (χ0) is 12.4. The molecule has 0 atom stereocenters. The van der Waals surface area contributed by atoms with E-state index in [9.17, 15) is 21.6 Å². The first-order valence-electron chi connectivity index (χ1n) is 4.29. The summed E-state index contributed by atoms with van der Waals surface area (Å²) in [4.78, 5) is -0.263. The molecule has 0 fully saturated rings. The minimum absolute atomic E-state index is 0.0785. The smallest absolute Gasteiger partial charge is 0.207 e. The molecule has 0 aromatic heterocycles. The number of alkyl halides is 3. The Morgan fingerprint density at radius 2 is 1.75 bits per heavy atom. The van der Waals surface area contributed by atoms with Crippen LogP contribution in [0.2, 0.25) is 0 Å². The van der Waals surface area contributed by atoms with Crippen molar-refractivity contribution in [1.82, 2.24) is 0 Å². The van der Waals surface area contributed by atoms with Crippen LogP contribution in [-0.4, -0.2) is 14.6 Å². The molecular weight excluding hydrogens is 265 g/mol. The summed E-state index contributed by atoms with van der Waals surface area (Å²) in [7, 11) is 1.11. The molecule has 0 radical (unpaired) electrons. The van der Waals surface area contributed by atoms with Crippen molar-refractivity contribution in [2.24, 2.45) is 0 Å². The minimum atomic E-state index is -4.32. The summed E-state index contributed by atoms with van der Waals surface area (Å²) < 4.78 is 58.1. The second kappa shape index (κ2) is 4.63. The van der Waals surface area contributed by atoms with Gasteiger partial charge in [-0.3, -0.25) is 0 Å². The highest BCUT2D eigenvalue weighted by Gasteiger charge is 2.27. The van der Waals surface area contributed by atoms with Gasteiger partial charge in [-0.25, -0.2) is 8.42 Å². The molecule has 0 bridgehead atoms. The minimum Gasteiger partial charge on any atom is -0.207 e. The Kier molecular flexibility index (Phi) is 3.85. The van der Waals surface area contributed by atoms with E-state index in [0.717, 1.165) is 0 Å². The zero-order valence-corrected chi connectivity index (χ0v) is 9.53. The first kappa shape index (κ1) is 13.3. The van der Waals surface area contributed by atoms with Gasteiger partial charge in [-0.2, -0.15) is 13.2 Å². The van der Waals surface area contributed by atoms with Gasteiger partial charge in [0.05, 0.1) is 4.90 Å². The van der Waals surface area contributed by atoms with Gasteiger partial charge in [0.25, 0.3) is 9.05 Å². The van der Waals surface area contributed by atoms with Gasteiger partial charge in [-0.1, -0.05) is 18.2 Å². The molecule has 1 aromatic rings. The van der Waals surface area contributed by atoms with E-state index >= 15 is 0 Å². The van der Waals surface area contributed by atoms with E-state index in [-0.39, 0.29) is 10.5 Å². The lowest BCUT2D eigenvalue weighted by atomic mass is 10.1. The van der Waals surface area contributed by atoms with Crippen LogP contribution >= 0.6 is 10.7 Å². The average Bonchev–Trinajstić information content (AvgIpc) is 2.12. The van der Waals surface area contributed by atoms with E-state index in [1.807, 2.05) is 0 Å². The second-order valence-electron chi connectivity index (χ2n) is 3.16. The summed E-state index contributed by atoms with van der Waals surface area (Å²) in [6.07, 6.45) is -5.79. The molecule has 0 saturated heterocycles. The van der Waals surface area contributed by atoms with Crippen molar-refractivity contribution in [3.05, 3.63) is 29.8 Å². The van der Waals surface area contributed by atoms with E-state index in [1.54, 1.807) is 0 Å². The fourth-order valence-electron chi connectivity index (χ4n) is 1.22. The van der Waals surface area contributed by atoms with Crippen molar-refractivity contribution in [3.8, 4) is 0 Å². The maximum atomic E-state index is 12.0. The maximum Gasteiger partial charge on any atom is 0.389 e. The topological polar surface area (TPSA) is 34.1 Å². The largest absolute Gasteiger partial charge is 0.389 e. The van der Waals surface area contributed by atoms with Crippen LogP contribution in [-0.2, 0) is 15.5 Å². The van der Waals surface area contributed by atoms with Crippen molar-refractivity contribution in [2.75, 3.05) is 0 Å². The Morgan fingerprint density at radius 3 is 2.25 bits per heavy atom. The van der Waals surface area contributed by atoms with Crippen molar-refractivity contribution in [3.63, 3.8) is 0 Å². The SMILES string of the molecule is O=S(=O)(Cl)c1ccccc1CCC(F)(F)F. The third kappa shape index (κ3) is 4.02. The molecule has 2 nitrogen and oxygen atoms in total. The lowest BCUT2D eigenvalue weighted by molar-refractivity contribution is -0.134. The molecule has 90 valence electrons. The van der Waals surface area contributed by atoms with Crippen LogP contribution in [0.3, 0.4) is 0 Å². The van der Waals surface area contributed by atoms with Crippen LogP contribution in [0.1, 0.15) is 12.0 Å². The Bertz CT molecular complexity index is 468. The van der Waals surface area contributed by atoms with Crippen LogP contribution in [0.5, 0.6) is 0 Å². The third-order valence-corrected chi connectivity index (χ3v) is 3.34. The molecule has 0 amide bonds. The molecule has 0 aliphatic carbocycles. The molecule has 0 spiro atoms. The lowest BCUT2D eigenvalue weighted by Gasteiger charge is -2.08. The third-order valence-electron chi connectivity index (χ3n) is 1.91. The van der Waals surface area contributed by atoms with E-state index in [1.165, 1.54) is 24.3 Å². The monoisotopic (exact) mass is 272 g/mol. The fourth-order valence-corrected chi connectivity index (χ4v) is 2.40. The first-order chi connectivity index (χ1) is 7.20. The maximum absolute atomic E-state index is 12.0. The van der Waals surface area contributed by atoms with Crippen molar-refractivity contribution in [2.45, 2.75) is 23.9 Å². The van der Waals surface area contributed by atoms with Gasteiger partial charge in [0, 0.05) is 17.1 Å². The molecule has 1 aromatic carbocycles. The van der Waals surface area contributed by atoms with Gasteiger partial charge in [0.1, 0.15) is 0 Å². The Hall–Kier alpha value is -0.750. The average molecular weight is 273 g/mol.